The Kier molecular flexibility index (Phi) is 5.14. The van der Waals surface area contributed by atoms with E-state index in [1.165, 1.54) is 5.56 Å². The Morgan fingerprint density at radius 1 is 1.36 bits per heavy atom. The lowest BCUT2D eigenvalue weighted by Crippen LogP contribution is -2.56. The summed E-state index contributed by atoms with van der Waals surface area (Å²) in [7, 11) is 1.80. The highest BCUT2D eigenvalue weighted by atomic mass is 16.6. The smallest absolute Gasteiger partial charge is 0.107 e. The molecule has 0 bridgehead atoms. The van der Waals surface area contributed by atoms with Crippen LogP contribution >= 0.6 is 0 Å². The van der Waals surface area contributed by atoms with Gasteiger partial charge in [-0.3, -0.25) is 4.90 Å². The normalized spacial score (nSPS) is 30.7. The topological polar surface area (TPSA) is 30.9 Å². The molecule has 0 aliphatic carbocycles. The zero-order valence-electron chi connectivity index (χ0n) is 13.7. The summed E-state index contributed by atoms with van der Waals surface area (Å²) >= 11 is 0. The highest BCUT2D eigenvalue weighted by Crippen LogP contribution is 2.32. The molecule has 2 fully saturated rings. The minimum Gasteiger partial charge on any atom is -0.378 e. The molecule has 22 heavy (non-hydrogen) atoms. The first-order valence-electron chi connectivity index (χ1n) is 8.30. The van der Waals surface area contributed by atoms with Crippen LogP contribution in [0.3, 0.4) is 0 Å². The Morgan fingerprint density at radius 2 is 2.18 bits per heavy atom. The Balaban J connectivity index is 1.69. The summed E-state index contributed by atoms with van der Waals surface area (Å²) in [5.41, 5.74) is 1.13. The van der Waals surface area contributed by atoms with E-state index in [-0.39, 0.29) is 11.7 Å². The Bertz CT molecular complexity index is 459. The maximum absolute atomic E-state index is 6.33. The van der Waals surface area contributed by atoms with Crippen molar-refractivity contribution in [2.75, 3.05) is 40.0 Å². The SMILES string of the molecule is CC[C@@H]1CN(C[C@H](OC)c2ccccc2)C[C@]2(CCOC2)O1. The molecule has 3 rings (SSSR count). The summed E-state index contributed by atoms with van der Waals surface area (Å²) in [6.07, 6.45) is 2.45. The molecular formula is C18H27NO3. The minimum atomic E-state index is -0.103. The molecule has 122 valence electrons. The number of rotatable bonds is 5. The van der Waals surface area contributed by atoms with E-state index in [4.69, 9.17) is 14.2 Å². The summed E-state index contributed by atoms with van der Waals surface area (Å²) in [6, 6.07) is 10.5. The number of methoxy groups -OCH3 is 1. The molecule has 0 N–H and O–H groups in total. The van der Waals surface area contributed by atoms with E-state index in [1.807, 2.05) is 6.07 Å². The molecule has 4 nitrogen and oxygen atoms in total. The van der Waals surface area contributed by atoms with Gasteiger partial charge in [0.25, 0.3) is 0 Å². The monoisotopic (exact) mass is 305 g/mol. The first kappa shape index (κ1) is 15.9. The highest BCUT2D eigenvalue weighted by molar-refractivity contribution is 5.18. The van der Waals surface area contributed by atoms with E-state index in [0.29, 0.717) is 6.10 Å². The summed E-state index contributed by atoms with van der Waals surface area (Å²) in [6.45, 7) is 6.56. The van der Waals surface area contributed by atoms with Crippen LogP contribution in [-0.4, -0.2) is 56.6 Å². The van der Waals surface area contributed by atoms with Crippen molar-refractivity contribution in [1.29, 1.82) is 0 Å². The van der Waals surface area contributed by atoms with Crippen LogP contribution < -0.4 is 0 Å². The molecule has 2 heterocycles. The lowest BCUT2D eigenvalue weighted by atomic mass is 9.97. The summed E-state index contributed by atoms with van der Waals surface area (Å²) < 4.78 is 17.7. The maximum atomic E-state index is 6.33. The molecule has 1 aromatic carbocycles. The van der Waals surface area contributed by atoms with Gasteiger partial charge in [0.1, 0.15) is 5.60 Å². The first-order valence-corrected chi connectivity index (χ1v) is 8.30. The number of hydrogen-bond acceptors (Lipinski definition) is 4. The number of nitrogens with zero attached hydrogens (tertiary/aromatic N) is 1. The number of benzene rings is 1. The lowest BCUT2D eigenvalue weighted by Gasteiger charge is -2.44. The molecule has 1 spiro atoms. The van der Waals surface area contributed by atoms with Crippen molar-refractivity contribution in [2.45, 2.75) is 37.6 Å². The fraction of sp³-hybridized carbons (Fsp3) is 0.667. The second-order valence-electron chi connectivity index (χ2n) is 6.46. The predicted octanol–water partition coefficient (Wildman–Crippen LogP) is 2.64. The fourth-order valence-electron chi connectivity index (χ4n) is 3.56. The number of hydrogen-bond donors (Lipinski definition) is 0. The third kappa shape index (κ3) is 3.51. The molecule has 1 aromatic rings. The van der Waals surface area contributed by atoms with Crippen LogP contribution in [0.25, 0.3) is 0 Å². The van der Waals surface area contributed by atoms with Gasteiger partial charge in [0.05, 0.1) is 18.8 Å². The molecule has 2 saturated heterocycles. The first-order chi connectivity index (χ1) is 10.7. The quantitative estimate of drug-likeness (QED) is 0.837. The van der Waals surface area contributed by atoms with E-state index in [2.05, 4.69) is 36.1 Å². The Labute approximate surface area is 133 Å². The van der Waals surface area contributed by atoms with Gasteiger partial charge in [-0.05, 0) is 12.0 Å². The number of morpholine rings is 1. The standard InChI is InChI=1S/C18H27NO3/c1-3-16-11-19(13-18(22-16)9-10-21-14-18)12-17(20-2)15-7-5-4-6-8-15/h4-8,16-17H,3,9-14H2,1-2H3/t16-,17+,18+/m1/s1. The van der Waals surface area contributed by atoms with Crippen LogP contribution in [0.5, 0.6) is 0 Å². The Hall–Kier alpha value is -0.940. The molecule has 0 aromatic heterocycles. The van der Waals surface area contributed by atoms with E-state index in [0.717, 1.165) is 45.7 Å². The maximum Gasteiger partial charge on any atom is 0.107 e. The zero-order valence-corrected chi connectivity index (χ0v) is 13.7. The van der Waals surface area contributed by atoms with E-state index in [1.54, 1.807) is 7.11 Å². The van der Waals surface area contributed by atoms with Gasteiger partial charge in [-0.15, -0.1) is 0 Å². The lowest BCUT2D eigenvalue weighted by molar-refractivity contribution is -0.159. The zero-order chi connectivity index (χ0) is 15.4. The van der Waals surface area contributed by atoms with Crippen LogP contribution in [-0.2, 0) is 14.2 Å². The van der Waals surface area contributed by atoms with Crippen LogP contribution in [0.2, 0.25) is 0 Å². The number of ether oxygens (including phenoxy) is 3. The molecule has 0 radical (unpaired) electrons. The van der Waals surface area contributed by atoms with Gasteiger partial charge in [0.15, 0.2) is 0 Å². The van der Waals surface area contributed by atoms with Crippen molar-refractivity contribution in [2.24, 2.45) is 0 Å². The summed E-state index contributed by atoms with van der Waals surface area (Å²) in [5, 5.41) is 0. The van der Waals surface area contributed by atoms with E-state index >= 15 is 0 Å². The third-order valence-electron chi connectivity index (χ3n) is 4.79. The van der Waals surface area contributed by atoms with Gasteiger partial charge >= 0.3 is 0 Å². The Morgan fingerprint density at radius 3 is 2.82 bits per heavy atom. The van der Waals surface area contributed by atoms with Crippen LogP contribution in [0.4, 0.5) is 0 Å². The van der Waals surface area contributed by atoms with Crippen LogP contribution in [0.15, 0.2) is 30.3 Å². The van der Waals surface area contributed by atoms with Crippen molar-refractivity contribution in [1.82, 2.24) is 4.90 Å². The van der Waals surface area contributed by atoms with Gasteiger partial charge in [-0.2, -0.15) is 0 Å². The summed E-state index contributed by atoms with van der Waals surface area (Å²) in [5.74, 6) is 0. The molecule has 0 saturated carbocycles. The van der Waals surface area contributed by atoms with E-state index < -0.39 is 0 Å². The second-order valence-corrected chi connectivity index (χ2v) is 6.46. The van der Waals surface area contributed by atoms with Gasteiger partial charge in [-0.1, -0.05) is 37.3 Å². The van der Waals surface area contributed by atoms with Crippen molar-refractivity contribution in [3.63, 3.8) is 0 Å². The average Bonchev–Trinajstić information content (AvgIpc) is 3.00. The molecule has 0 amide bonds. The van der Waals surface area contributed by atoms with Gasteiger partial charge in [-0.25, -0.2) is 0 Å². The third-order valence-corrected chi connectivity index (χ3v) is 4.79. The van der Waals surface area contributed by atoms with Gasteiger partial charge in [0.2, 0.25) is 0 Å². The van der Waals surface area contributed by atoms with Crippen LogP contribution in [0.1, 0.15) is 31.4 Å². The second kappa shape index (κ2) is 7.09. The largest absolute Gasteiger partial charge is 0.378 e. The van der Waals surface area contributed by atoms with E-state index in [9.17, 15) is 0 Å². The van der Waals surface area contributed by atoms with Crippen molar-refractivity contribution in [3.8, 4) is 0 Å². The minimum absolute atomic E-state index is 0.103. The summed E-state index contributed by atoms with van der Waals surface area (Å²) in [4.78, 5) is 2.49. The molecule has 4 heteroatoms. The molecule has 0 unspecified atom stereocenters. The van der Waals surface area contributed by atoms with Gasteiger partial charge < -0.3 is 14.2 Å². The highest BCUT2D eigenvalue weighted by Gasteiger charge is 2.43. The van der Waals surface area contributed by atoms with Crippen molar-refractivity contribution >= 4 is 0 Å². The van der Waals surface area contributed by atoms with Crippen molar-refractivity contribution < 1.29 is 14.2 Å². The molecule has 2 aliphatic rings. The molecule has 3 atom stereocenters. The fourth-order valence-corrected chi connectivity index (χ4v) is 3.56. The molecular weight excluding hydrogens is 278 g/mol. The average molecular weight is 305 g/mol. The van der Waals surface area contributed by atoms with Crippen molar-refractivity contribution in [3.05, 3.63) is 35.9 Å². The molecule has 2 aliphatic heterocycles. The predicted molar refractivity (Wildman–Crippen MR) is 86.0 cm³/mol. The van der Waals surface area contributed by atoms with Crippen LogP contribution in [0, 0.1) is 0 Å². The van der Waals surface area contributed by atoms with Gasteiger partial charge in [0, 0.05) is 39.8 Å².